The van der Waals surface area contributed by atoms with Crippen molar-refractivity contribution < 1.29 is 9.13 Å². The molecule has 0 amide bonds. The van der Waals surface area contributed by atoms with Crippen LogP contribution in [0.5, 0.6) is 11.5 Å². The van der Waals surface area contributed by atoms with Crippen LogP contribution in [0.4, 0.5) is 4.39 Å². The maximum absolute atomic E-state index is 13.6. The minimum absolute atomic E-state index is 0.282. The van der Waals surface area contributed by atoms with E-state index < -0.39 is 0 Å². The molecule has 0 radical (unpaired) electrons. The van der Waals surface area contributed by atoms with Crippen LogP contribution in [0.3, 0.4) is 0 Å². The van der Waals surface area contributed by atoms with Crippen molar-refractivity contribution in [2.75, 3.05) is 0 Å². The van der Waals surface area contributed by atoms with E-state index in [0.29, 0.717) is 27.6 Å². The van der Waals surface area contributed by atoms with Gasteiger partial charge in [0.15, 0.2) is 0 Å². The van der Waals surface area contributed by atoms with E-state index in [-0.39, 0.29) is 11.9 Å². The van der Waals surface area contributed by atoms with Gasteiger partial charge in [-0.15, -0.1) is 0 Å². The van der Waals surface area contributed by atoms with E-state index in [2.05, 4.69) is 0 Å². The molecule has 2 aromatic carbocycles. The third-order valence-electron chi connectivity index (χ3n) is 2.82. The van der Waals surface area contributed by atoms with Gasteiger partial charge in [-0.2, -0.15) is 0 Å². The van der Waals surface area contributed by atoms with Crippen LogP contribution in [0, 0.1) is 12.7 Å². The smallest absolute Gasteiger partial charge is 0.132 e. The lowest BCUT2D eigenvalue weighted by molar-refractivity contribution is 0.468. The zero-order valence-corrected chi connectivity index (χ0v) is 11.5. The number of benzene rings is 2. The van der Waals surface area contributed by atoms with Crippen molar-refractivity contribution in [3.05, 3.63) is 58.4 Å². The standard InChI is InChI=1S/C15H15ClFNO/c1-9-7-15(13(10(2)18)8-14(9)17)19-12-5-3-11(16)4-6-12/h3-8,10H,18H2,1-2H3/t10-/m1/s1. The lowest BCUT2D eigenvalue weighted by Gasteiger charge is -2.15. The first-order valence-electron chi connectivity index (χ1n) is 5.96. The maximum Gasteiger partial charge on any atom is 0.132 e. The number of hydrogen-bond donors (Lipinski definition) is 1. The first-order chi connectivity index (χ1) is 8.97. The fourth-order valence-corrected chi connectivity index (χ4v) is 1.87. The summed E-state index contributed by atoms with van der Waals surface area (Å²) in [6.07, 6.45) is 0. The summed E-state index contributed by atoms with van der Waals surface area (Å²) in [4.78, 5) is 0. The van der Waals surface area contributed by atoms with E-state index >= 15 is 0 Å². The van der Waals surface area contributed by atoms with Gasteiger partial charge in [-0.1, -0.05) is 11.6 Å². The molecule has 0 saturated heterocycles. The highest BCUT2D eigenvalue weighted by atomic mass is 35.5. The zero-order valence-electron chi connectivity index (χ0n) is 10.8. The Labute approximate surface area is 117 Å². The Morgan fingerprint density at radius 2 is 1.84 bits per heavy atom. The van der Waals surface area contributed by atoms with Gasteiger partial charge < -0.3 is 10.5 Å². The van der Waals surface area contributed by atoms with Crippen molar-refractivity contribution in [1.82, 2.24) is 0 Å². The van der Waals surface area contributed by atoms with E-state index in [4.69, 9.17) is 22.1 Å². The molecule has 0 unspecified atom stereocenters. The molecule has 0 saturated carbocycles. The van der Waals surface area contributed by atoms with Crippen LogP contribution >= 0.6 is 11.6 Å². The van der Waals surface area contributed by atoms with Gasteiger partial charge in [-0.05, 0) is 55.8 Å². The molecule has 19 heavy (non-hydrogen) atoms. The minimum Gasteiger partial charge on any atom is -0.457 e. The molecule has 0 fully saturated rings. The highest BCUT2D eigenvalue weighted by molar-refractivity contribution is 6.30. The topological polar surface area (TPSA) is 35.2 Å². The molecule has 0 bridgehead atoms. The lowest BCUT2D eigenvalue weighted by atomic mass is 10.1. The Balaban J connectivity index is 2.38. The van der Waals surface area contributed by atoms with Crippen LogP contribution in [-0.4, -0.2) is 0 Å². The third kappa shape index (κ3) is 3.25. The van der Waals surface area contributed by atoms with Crippen molar-refractivity contribution in [2.24, 2.45) is 5.73 Å². The summed E-state index contributed by atoms with van der Waals surface area (Å²) < 4.78 is 19.3. The Morgan fingerprint density at radius 1 is 1.21 bits per heavy atom. The molecule has 2 N–H and O–H groups in total. The van der Waals surface area contributed by atoms with Gasteiger partial charge in [0.1, 0.15) is 17.3 Å². The van der Waals surface area contributed by atoms with Gasteiger partial charge in [0, 0.05) is 16.6 Å². The van der Waals surface area contributed by atoms with Crippen LogP contribution < -0.4 is 10.5 Å². The molecule has 0 aliphatic rings. The van der Waals surface area contributed by atoms with Gasteiger partial charge in [-0.3, -0.25) is 0 Å². The normalized spacial score (nSPS) is 12.3. The average molecular weight is 280 g/mol. The molecule has 0 spiro atoms. The summed E-state index contributed by atoms with van der Waals surface area (Å²) in [6, 6.07) is 9.75. The molecule has 1 atom stereocenters. The van der Waals surface area contributed by atoms with Crippen LogP contribution in [0.25, 0.3) is 0 Å². The molecule has 0 aromatic heterocycles. The SMILES string of the molecule is Cc1cc(Oc2ccc(Cl)cc2)c([C@@H](C)N)cc1F. The molecular weight excluding hydrogens is 265 g/mol. The Morgan fingerprint density at radius 3 is 2.42 bits per heavy atom. The van der Waals surface area contributed by atoms with Gasteiger partial charge in [0.05, 0.1) is 0 Å². The number of hydrogen-bond acceptors (Lipinski definition) is 2. The van der Waals surface area contributed by atoms with E-state index in [0.717, 1.165) is 0 Å². The number of rotatable bonds is 3. The van der Waals surface area contributed by atoms with Crippen LogP contribution in [0.1, 0.15) is 24.1 Å². The van der Waals surface area contributed by atoms with E-state index in [1.807, 2.05) is 0 Å². The Kier molecular flexibility index (Phi) is 4.08. The van der Waals surface area contributed by atoms with Crippen molar-refractivity contribution in [2.45, 2.75) is 19.9 Å². The number of aryl methyl sites for hydroxylation is 1. The van der Waals surface area contributed by atoms with Gasteiger partial charge in [0.2, 0.25) is 0 Å². The van der Waals surface area contributed by atoms with Crippen molar-refractivity contribution in [1.29, 1.82) is 0 Å². The van der Waals surface area contributed by atoms with Gasteiger partial charge in [0.25, 0.3) is 0 Å². The van der Waals surface area contributed by atoms with Gasteiger partial charge in [-0.25, -0.2) is 4.39 Å². The van der Waals surface area contributed by atoms with Gasteiger partial charge >= 0.3 is 0 Å². The molecule has 0 heterocycles. The first kappa shape index (κ1) is 13.8. The fourth-order valence-electron chi connectivity index (χ4n) is 1.74. The second-order valence-corrected chi connectivity index (χ2v) is 4.92. The van der Waals surface area contributed by atoms with Crippen molar-refractivity contribution >= 4 is 11.6 Å². The lowest BCUT2D eigenvalue weighted by Crippen LogP contribution is -2.07. The van der Waals surface area contributed by atoms with E-state index in [1.165, 1.54) is 6.07 Å². The average Bonchev–Trinajstić information content (AvgIpc) is 2.36. The molecular formula is C15H15ClFNO. The monoisotopic (exact) mass is 279 g/mol. The van der Waals surface area contributed by atoms with Crippen LogP contribution in [0.2, 0.25) is 5.02 Å². The summed E-state index contributed by atoms with van der Waals surface area (Å²) in [7, 11) is 0. The molecule has 2 aromatic rings. The highest BCUT2D eigenvalue weighted by Crippen LogP contribution is 2.31. The predicted molar refractivity (Wildman–Crippen MR) is 75.3 cm³/mol. The van der Waals surface area contributed by atoms with Crippen molar-refractivity contribution in [3.63, 3.8) is 0 Å². The van der Waals surface area contributed by atoms with Crippen LogP contribution in [0.15, 0.2) is 36.4 Å². The van der Waals surface area contributed by atoms with E-state index in [9.17, 15) is 4.39 Å². The Bertz CT molecular complexity index is 581. The third-order valence-corrected chi connectivity index (χ3v) is 3.08. The second-order valence-electron chi connectivity index (χ2n) is 4.48. The number of ether oxygens (including phenoxy) is 1. The van der Waals surface area contributed by atoms with Crippen LogP contribution in [-0.2, 0) is 0 Å². The van der Waals surface area contributed by atoms with E-state index in [1.54, 1.807) is 44.2 Å². The Hall–Kier alpha value is -1.58. The summed E-state index contributed by atoms with van der Waals surface area (Å²) in [5.41, 5.74) is 7.00. The summed E-state index contributed by atoms with van der Waals surface area (Å²) in [6.45, 7) is 3.48. The summed E-state index contributed by atoms with van der Waals surface area (Å²) in [5.74, 6) is 0.921. The summed E-state index contributed by atoms with van der Waals surface area (Å²) >= 11 is 5.82. The first-order valence-corrected chi connectivity index (χ1v) is 6.34. The molecule has 0 aliphatic heterocycles. The number of nitrogens with two attached hydrogens (primary N) is 1. The fraction of sp³-hybridized carbons (Fsp3) is 0.200. The molecule has 2 rings (SSSR count). The molecule has 2 nitrogen and oxygen atoms in total. The largest absolute Gasteiger partial charge is 0.457 e. The number of halogens is 2. The second kappa shape index (κ2) is 5.59. The highest BCUT2D eigenvalue weighted by Gasteiger charge is 2.12. The predicted octanol–water partition coefficient (Wildman–Crippen LogP) is 4.60. The molecule has 0 aliphatic carbocycles. The van der Waals surface area contributed by atoms with Crippen molar-refractivity contribution in [3.8, 4) is 11.5 Å². The molecule has 100 valence electrons. The molecule has 4 heteroatoms. The maximum atomic E-state index is 13.6. The quantitative estimate of drug-likeness (QED) is 0.891. The zero-order chi connectivity index (χ0) is 14.0. The minimum atomic E-state index is -0.308. The summed E-state index contributed by atoms with van der Waals surface area (Å²) in [5, 5.41) is 0.634.